The fraction of sp³-hybridized carbons (Fsp3) is 0.458. The van der Waals surface area contributed by atoms with E-state index in [9.17, 15) is 9.59 Å². The largest absolute Gasteiger partial charge is 0.497 e. The maximum absolute atomic E-state index is 13.4. The summed E-state index contributed by atoms with van der Waals surface area (Å²) in [6, 6.07) is 9.88. The zero-order valence-electron chi connectivity index (χ0n) is 17.7. The average Bonchev–Trinajstić information content (AvgIpc) is 2.90. The first-order valence-electron chi connectivity index (χ1n) is 10.7. The van der Waals surface area contributed by atoms with E-state index >= 15 is 0 Å². The number of amides is 2. The Balaban J connectivity index is 1.55. The number of nitrogens with one attached hydrogen (secondary N) is 1. The first-order valence-corrected chi connectivity index (χ1v) is 10.7. The van der Waals surface area contributed by atoms with Crippen molar-refractivity contribution in [1.29, 1.82) is 0 Å². The van der Waals surface area contributed by atoms with Crippen LogP contribution in [0.2, 0.25) is 0 Å². The van der Waals surface area contributed by atoms with Gasteiger partial charge in [-0.2, -0.15) is 0 Å². The zero-order valence-corrected chi connectivity index (χ0v) is 17.7. The summed E-state index contributed by atoms with van der Waals surface area (Å²) < 4.78 is 5.31. The fourth-order valence-corrected chi connectivity index (χ4v) is 4.87. The van der Waals surface area contributed by atoms with Crippen molar-refractivity contribution in [3.63, 3.8) is 0 Å². The molecule has 0 unspecified atom stereocenters. The van der Waals surface area contributed by atoms with Gasteiger partial charge in [0.15, 0.2) is 0 Å². The van der Waals surface area contributed by atoms with E-state index in [1.807, 2.05) is 41.4 Å². The number of hydrogen-bond donors (Lipinski definition) is 1. The van der Waals surface area contributed by atoms with Crippen LogP contribution in [0.1, 0.15) is 60.5 Å². The number of carbonyl (C=O) groups excluding carboxylic acids is 2. The standard InChI is InChI=1S/C24H29N3O3/c1-24-10-5-11-27(21(24)8-4-9-22(28)26-24)23(29)19-13-18(15-25-16-19)12-17-6-3-7-20(14-17)30-2/h3,6-7,13-16,21H,4-5,8-12H2,1-2H3,(H,26,28)/t21-,24-/m0/s1. The second-order valence-corrected chi connectivity index (χ2v) is 8.59. The minimum absolute atomic E-state index is 0.00191. The van der Waals surface area contributed by atoms with Gasteiger partial charge in [-0.15, -0.1) is 0 Å². The maximum atomic E-state index is 13.4. The summed E-state index contributed by atoms with van der Waals surface area (Å²) in [4.78, 5) is 31.9. The number of ether oxygens (including phenoxy) is 1. The van der Waals surface area contributed by atoms with E-state index in [1.165, 1.54) is 0 Å². The average molecular weight is 408 g/mol. The number of nitrogens with zero attached hydrogens (tertiary/aromatic N) is 2. The van der Waals surface area contributed by atoms with Gasteiger partial charge in [0, 0.05) is 25.4 Å². The van der Waals surface area contributed by atoms with Crippen molar-refractivity contribution in [2.45, 2.75) is 57.0 Å². The van der Waals surface area contributed by atoms with Crippen LogP contribution in [-0.2, 0) is 11.2 Å². The Morgan fingerprint density at radius 3 is 2.97 bits per heavy atom. The van der Waals surface area contributed by atoms with Crippen molar-refractivity contribution in [3.8, 4) is 5.75 Å². The van der Waals surface area contributed by atoms with E-state index in [0.29, 0.717) is 18.4 Å². The molecular weight excluding hydrogens is 378 g/mol. The number of carbonyl (C=O) groups is 2. The van der Waals surface area contributed by atoms with E-state index in [1.54, 1.807) is 13.3 Å². The van der Waals surface area contributed by atoms with Crippen LogP contribution in [0.15, 0.2) is 42.7 Å². The molecule has 0 aliphatic carbocycles. The fourth-order valence-electron chi connectivity index (χ4n) is 4.87. The summed E-state index contributed by atoms with van der Waals surface area (Å²) in [7, 11) is 1.66. The van der Waals surface area contributed by atoms with Crippen molar-refractivity contribution in [2.75, 3.05) is 13.7 Å². The molecule has 3 heterocycles. The van der Waals surface area contributed by atoms with Gasteiger partial charge in [-0.05, 0) is 68.4 Å². The third kappa shape index (κ3) is 4.18. The monoisotopic (exact) mass is 407 g/mol. The predicted molar refractivity (Wildman–Crippen MR) is 114 cm³/mol. The Bertz CT molecular complexity index is 945. The molecule has 0 spiro atoms. The van der Waals surface area contributed by atoms with Crippen LogP contribution >= 0.6 is 0 Å². The van der Waals surface area contributed by atoms with Crippen LogP contribution < -0.4 is 10.1 Å². The van der Waals surface area contributed by atoms with E-state index in [0.717, 1.165) is 49.1 Å². The third-order valence-corrected chi connectivity index (χ3v) is 6.36. The molecule has 2 fully saturated rings. The normalized spacial score (nSPS) is 23.9. The zero-order chi connectivity index (χ0) is 21.1. The molecule has 2 aliphatic rings. The number of likely N-dealkylation sites (tertiary alicyclic amines) is 1. The molecule has 6 nitrogen and oxygen atoms in total. The second-order valence-electron chi connectivity index (χ2n) is 8.59. The highest BCUT2D eigenvalue weighted by molar-refractivity contribution is 5.94. The highest BCUT2D eigenvalue weighted by atomic mass is 16.5. The van der Waals surface area contributed by atoms with Crippen LogP contribution in [0.4, 0.5) is 0 Å². The Hall–Kier alpha value is -2.89. The Morgan fingerprint density at radius 1 is 1.27 bits per heavy atom. The van der Waals surface area contributed by atoms with Crippen LogP contribution in [0.25, 0.3) is 0 Å². The molecule has 30 heavy (non-hydrogen) atoms. The number of rotatable bonds is 4. The van der Waals surface area contributed by atoms with Crippen LogP contribution in [0.5, 0.6) is 5.75 Å². The minimum atomic E-state index is -0.354. The van der Waals surface area contributed by atoms with Gasteiger partial charge in [0.1, 0.15) is 5.75 Å². The lowest BCUT2D eigenvalue weighted by atomic mass is 9.81. The summed E-state index contributed by atoms with van der Waals surface area (Å²) in [6.07, 6.45) is 8.12. The first-order chi connectivity index (χ1) is 14.5. The molecule has 2 amide bonds. The molecule has 0 saturated carbocycles. The van der Waals surface area contributed by atoms with Crippen LogP contribution in [0, 0.1) is 0 Å². The molecule has 0 bridgehead atoms. The molecule has 1 aromatic carbocycles. The second kappa shape index (κ2) is 8.46. The highest BCUT2D eigenvalue weighted by Crippen LogP contribution is 2.34. The maximum Gasteiger partial charge on any atom is 0.255 e. The Morgan fingerprint density at radius 2 is 2.13 bits per heavy atom. The van der Waals surface area contributed by atoms with Crippen molar-refractivity contribution >= 4 is 11.8 Å². The topological polar surface area (TPSA) is 71.5 Å². The number of hydrogen-bond acceptors (Lipinski definition) is 4. The number of benzene rings is 1. The highest BCUT2D eigenvalue weighted by Gasteiger charge is 2.45. The number of methoxy groups -OCH3 is 1. The van der Waals surface area contributed by atoms with Gasteiger partial charge in [0.2, 0.25) is 5.91 Å². The predicted octanol–water partition coefficient (Wildman–Crippen LogP) is 3.34. The molecule has 1 aromatic heterocycles. The number of aromatic nitrogens is 1. The lowest BCUT2D eigenvalue weighted by Crippen LogP contribution is -2.63. The molecule has 6 heteroatoms. The number of piperidine rings is 1. The molecule has 4 rings (SSSR count). The molecular formula is C24H29N3O3. The van der Waals surface area contributed by atoms with Crippen molar-refractivity contribution < 1.29 is 14.3 Å². The van der Waals surface area contributed by atoms with Gasteiger partial charge in [0.25, 0.3) is 5.91 Å². The van der Waals surface area contributed by atoms with Gasteiger partial charge in [-0.3, -0.25) is 14.6 Å². The minimum Gasteiger partial charge on any atom is -0.497 e. The molecule has 2 aromatic rings. The third-order valence-electron chi connectivity index (χ3n) is 6.36. The molecule has 1 N–H and O–H groups in total. The van der Waals surface area contributed by atoms with Crippen molar-refractivity contribution in [3.05, 3.63) is 59.4 Å². The molecule has 0 radical (unpaired) electrons. The van der Waals surface area contributed by atoms with Crippen LogP contribution in [0.3, 0.4) is 0 Å². The smallest absolute Gasteiger partial charge is 0.255 e. The summed E-state index contributed by atoms with van der Waals surface area (Å²) in [5.74, 6) is 0.911. The van der Waals surface area contributed by atoms with Crippen LogP contribution in [-0.4, -0.2) is 46.9 Å². The Kier molecular flexibility index (Phi) is 5.75. The van der Waals surface area contributed by atoms with E-state index in [2.05, 4.69) is 17.2 Å². The van der Waals surface area contributed by atoms with Gasteiger partial charge in [-0.25, -0.2) is 0 Å². The lowest BCUT2D eigenvalue weighted by molar-refractivity contribution is -0.123. The lowest BCUT2D eigenvalue weighted by Gasteiger charge is -2.47. The Labute approximate surface area is 177 Å². The summed E-state index contributed by atoms with van der Waals surface area (Å²) in [5.41, 5.74) is 2.35. The summed E-state index contributed by atoms with van der Waals surface area (Å²) in [6.45, 7) is 2.80. The first kappa shape index (κ1) is 20.4. The molecule has 2 atom stereocenters. The van der Waals surface area contributed by atoms with E-state index < -0.39 is 0 Å². The molecule has 2 saturated heterocycles. The van der Waals surface area contributed by atoms with Gasteiger partial charge < -0.3 is 15.0 Å². The van der Waals surface area contributed by atoms with Gasteiger partial charge in [-0.1, -0.05) is 12.1 Å². The molecule has 2 aliphatic heterocycles. The van der Waals surface area contributed by atoms with E-state index in [4.69, 9.17) is 4.74 Å². The summed E-state index contributed by atoms with van der Waals surface area (Å²) in [5, 5.41) is 3.19. The SMILES string of the molecule is COc1cccc(Cc2cncc(C(=O)N3CCC[C@]4(C)NC(=O)CCC[C@H]34)c2)c1. The quantitative estimate of drug-likeness (QED) is 0.844. The van der Waals surface area contributed by atoms with Gasteiger partial charge in [0.05, 0.1) is 24.3 Å². The summed E-state index contributed by atoms with van der Waals surface area (Å²) >= 11 is 0. The van der Waals surface area contributed by atoms with E-state index in [-0.39, 0.29) is 23.4 Å². The van der Waals surface area contributed by atoms with Gasteiger partial charge >= 0.3 is 0 Å². The van der Waals surface area contributed by atoms with Crippen molar-refractivity contribution in [2.24, 2.45) is 0 Å². The number of fused-ring (bicyclic) bond motifs is 1. The number of pyridine rings is 1. The molecule has 158 valence electrons. The van der Waals surface area contributed by atoms with Crippen molar-refractivity contribution in [1.82, 2.24) is 15.2 Å².